The number of aryl methyl sites for hydroxylation is 1. The van der Waals surface area contributed by atoms with E-state index in [1.807, 2.05) is 11.8 Å². The van der Waals surface area contributed by atoms with Crippen molar-refractivity contribution in [2.45, 2.75) is 63.7 Å². The maximum Gasteiger partial charge on any atom is 0.573 e. The molecule has 7 rings (SSSR count). The third-order valence-electron chi connectivity index (χ3n) is 8.78. The van der Waals surface area contributed by atoms with Crippen molar-refractivity contribution in [2.75, 3.05) is 17.2 Å². The molecule has 0 spiro atoms. The minimum atomic E-state index is -5.33. The van der Waals surface area contributed by atoms with Crippen LogP contribution in [-0.2, 0) is 0 Å². The Balaban J connectivity index is 1.60. The van der Waals surface area contributed by atoms with Crippen molar-refractivity contribution in [3.05, 3.63) is 63.8 Å². The van der Waals surface area contributed by atoms with Gasteiger partial charge in [0.15, 0.2) is 17.4 Å². The first kappa shape index (κ1) is 29.2. The number of aromatic nitrogens is 3. The quantitative estimate of drug-likeness (QED) is 0.237. The van der Waals surface area contributed by atoms with Crippen LogP contribution in [0.25, 0.3) is 27.8 Å². The van der Waals surface area contributed by atoms with Crippen LogP contribution in [0.3, 0.4) is 0 Å². The number of rotatable bonds is 3. The molecular weight excluding hydrogens is 606 g/mol. The third kappa shape index (κ3) is 4.62. The molecule has 0 aliphatic carbocycles. The first-order valence-corrected chi connectivity index (χ1v) is 14.1. The van der Waals surface area contributed by atoms with Crippen LogP contribution in [0.1, 0.15) is 32.3 Å². The van der Waals surface area contributed by atoms with Gasteiger partial charge in [0.1, 0.15) is 29.3 Å². The molecule has 0 saturated carbocycles. The van der Waals surface area contributed by atoms with Crippen molar-refractivity contribution in [3.63, 3.8) is 0 Å². The Morgan fingerprint density at radius 1 is 1.13 bits per heavy atom. The molecule has 4 atom stereocenters. The van der Waals surface area contributed by atoms with Gasteiger partial charge in [-0.25, -0.2) is 23.1 Å². The Labute approximate surface area is 251 Å². The van der Waals surface area contributed by atoms with Crippen LogP contribution < -0.4 is 31.0 Å². The van der Waals surface area contributed by atoms with Gasteiger partial charge in [-0.1, -0.05) is 0 Å². The number of hydrogen-bond acceptors (Lipinski definition) is 8. The summed E-state index contributed by atoms with van der Waals surface area (Å²) in [4.78, 5) is 24.0. The first-order valence-electron chi connectivity index (χ1n) is 14.1. The molecule has 4 aromatic rings. The maximum atomic E-state index is 16.9. The third-order valence-corrected chi connectivity index (χ3v) is 8.78. The molecule has 0 unspecified atom stereocenters. The van der Waals surface area contributed by atoms with Crippen LogP contribution in [0.5, 0.6) is 11.6 Å². The molecule has 2 saturated heterocycles. The summed E-state index contributed by atoms with van der Waals surface area (Å²) >= 11 is 0. The van der Waals surface area contributed by atoms with E-state index >= 15 is 4.39 Å². The Morgan fingerprint density at radius 3 is 2.62 bits per heavy atom. The van der Waals surface area contributed by atoms with Gasteiger partial charge in [0, 0.05) is 53.1 Å². The number of nitrogens with two attached hydrogens (primary N) is 1. The fourth-order valence-corrected chi connectivity index (χ4v) is 6.98. The molecule has 0 radical (unpaired) electrons. The molecule has 2 fully saturated rings. The Morgan fingerprint density at radius 2 is 1.89 bits per heavy atom. The van der Waals surface area contributed by atoms with Crippen LogP contribution in [0.4, 0.5) is 37.8 Å². The summed E-state index contributed by atoms with van der Waals surface area (Å²) in [6.07, 6.45) is -3.39. The number of hydrogen-bond donors (Lipinski definition) is 2. The summed E-state index contributed by atoms with van der Waals surface area (Å²) in [7, 11) is 0. The first-order chi connectivity index (χ1) is 21.1. The maximum absolute atomic E-state index is 16.9. The monoisotopic (exact) mass is 632 g/mol. The number of nitrogens with zero attached hydrogens (tertiary/aromatic N) is 4. The predicted molar refractivity (Wildman–Crippen MR) is 152 cm³/mol. The highest BCUT2D eigenvalue weighted by Crippen LogP contribution is 2.48. The highest BCUT2D eigenvalue weighted by Gasteiger charge is 2.51. The van der Waals surface area contributed by atoms with Crippen molar-refractivity contribution in [3.8, 4) is 28.7 Å². The largest absolute Gasteiger partial charge is 0.573 e. The van der Waals surface area contributed by atoms with Crippen LogP contribution in [-0.4, -0.2) is 51.2 Å². The van der Waals surface area contributed by atoms with Crippen LogP contribution in [0, 0.1) is 24.4 Å². The zero-order valence-electron chi connectivity index (χ0n) is 24.1. The van der Waals surface area contributed by atoms with E-state index in [2.05, 4.69) is 15.0 Å². The van der Waals surface area contributed by atoms with E-state index in [4.69, 9.17) is 15.5 Å². The average Bonchev–Trinajstić information content (AvgIpc) is 3.20. The van der Waals surface area contributed by atoms with Crippen molar-refractivity contribution in [1.29, 1.82) is 0 Å². The molecule has 3 aliphatic rings. The van der Waals surface area contributed by atoms with E-state index in [0.29, 0.717) is 12.6 Å². The fraction of sp³-hybridized carbons (Fsp3) is 0.367. The number of nitrogens with one attached hydrogen (secondary N) is 1. The molecule has 236 valence electrons. The highest BCUT2D eigenvalue weighted by atomic mass is 19.4. The zero-order chi connectivity index (χ0) is 32.2. The molecule has 6 heterocycles. The van der Waals surface area contributed by atoms with Crippen molar-refractivity contribution in [1.82, 2.24) is 19.9 Å². The minimum absolute atomic E-state index is 0.0329. The summed E-state index contributed by atoms with van der Waals surface area (Å²) < 4.78 is 97.7. The van der Waals surface area contributed by atoms with Crippen LogP contribution in [0.15, 0.2) is 35.3 Å². The molecule has 2 bridgehead atoms. The van der Waals surface area contributed by atoms with Gasteiger partial charge in [-0.15, -0.1) is 13.2 Å². The number of anilines is 2. The summed E-state index contributed by atoms with van der Waals surface area (Å²) in [5.74, 6) is -4.84. The van der Waals surface area contributed by atoms with E-state index in [9.17, 15) is 26.7 Å². The fourth-order valence-electron chi connectivity index (χ4n) is 6.98. The Hall–Kier alpha value is -4.53. The number of halogens is 6. The highest BCUT2D eigenvalue weighted by molar-refractivity contribution is 6.02. The number of pyridine rings is 3. The molecular formula is C30H26F6N6O3. The molecule has 3 aliphatic heterocycles. The smallest absolute Gasteiger partial charge is 0.472 e. The van der Waals surface area contributed by atoms with E-state index in [0.717, 1.165) is 41.8 Å². The second-order valence-corrected chi connectivity index (χ2v) is 12.0. The van der Waals surface area contributed by atoms with Gasteiger partial charge in [-0.05, 0) is 45.7 Å². The number of fused-ring (bicyclic) bond motifs is 5. The summed E-state index contributed by atoms with van der Waals surface area (Å²) in [6, 6.07) is 3.06. The molecule has 1 aromatic carbocycles. The van der Waals surface area contributed by atoms with Gasteiger partial charge in [-0.2, -0.15) is 0 Å². The van der Waals surface area contributed by atoms with Gasteiger partial charge < -0.3 is 25.4 Å². The molecule has 15 heteroatoms. The van der Waals surface area contributed by atoms with E-state index in [1.165, 1.54) is 6.92 Å². The second-order valence-electron chi connectivity index (χ2n) is 12.0. The average molecular weight is 633 g/mol. The molecule has 0 amide bonds. The number of benzene rings is 1. The molecule has 45 heavy (non-hydrogen) atoms. The number of piperazine rings is 1. The van der Waals surface area contributed by atoms with E-state index in [1.54, 1.807) is 6.92 Å². The number of ether oxygens (including phenoxy) is 2. The van der Waals surface area contributed by atoms with Gasteiger partial charge in [0.05, 0.1) is 17.0 Å². The topological polar surface area (TPSA) is 108 Å². The molecule has 3 N–H and O–H groups in total. The predicted octanol–water partition coefficient (Wildman–Crippen LogP) is 5.13. The van der Waals surface area contributed by atoms with Crippen LogP contribution >= 0.6 is 0 Å². The summed E-state index contributed by atoms with van der Waals surface area (Å²) in [5, 5.41) is 3.51. The van der Waals surface area contributed by atoms with E-state index < -0.39 is 52.5 Å². The standard InChI is InChI=1S/C30H26F6N6O3/c1-12-20-21-27(39-26(12)41-10-14(31)4-5-19(41)43)42-11-29(3)7-6-18(40-29)24(42)13(2)44-28(21)38-23(22(20)33)16-8-15(37)9-17(32)25(16)45-30(34,35)36/h4-5,8-10,13,18,24,40H,6-7,11,37H2,1-3H3/t13-,18-,24+,29+/m0/s1. The van der Waals surface area contributed by atoms with Crippen molar-refractivity contribution >= 4 is 22.3 Å². The molecule has 9 nitrogen and oxygen atoms in total. The van der Waals surface area contributed by atoms with Crippen LogP contribution in [0.2, 0.25) is 0 Å². The lowest BCUT2D eigenvalue weighted by atomic mass is 9.95. The number of nitrogen functional groups attached to an aromatic ring is 1. The lowest BCUT2D eigenvalue weighted by molar-refractivity contribution is -0.275. The number of alkyl halides is 3. The zero-order valence-corrected chi connectivity index (χ0v) is 24.1. The van der Waals surface area contributed by atoms with Gasteiger partial charge in [-0.3, -0.25) is 9.36 Å². The molecule has 3 aromatic heterocycles. The normalized spacial score (nSPS) is 23.9. The summed E-state index contributed by atoms with van der Waals surface area (Å²) in [6.45, 7) is 5.67. The lowest BCUT2D eigenvalue weighted by Crippen LogP contribution is -2.66. The second kappa shape index (κ2) is 9.73. The minimum Gasteiger partial charge on any atom is -0.472 e. The summed E-state index contributed by atoms with van der Waals surface area (Å²) in [5.41, 5.74) is 3.05. The van der Waals surface area contributed by atoms with Crippen molar-refractivity contribution in [2.24, 2.45) is 0 Å². The van der Waals surface area contributed by atoms with Gasteiger partial charge in [0.25, 0.3) is 5.56 Å². The SMILES string of the molecule is Cc1c(-n2cc(F)ccc2=O)nc2c3c(nc(-c4cc(N)cc(F)c4OC(F)(F)F)c(F)c13)O[C@@H](C)[C@@H]1[C@@H]3CC[C@](C)(CN21)N3. The van der Waals surface area contributed by atoms with Gasteiger partial charge >= 0.3 is 6.36 Å². The van der Waals surface area contributed by atoms with Gasteiger partial charge in [0.2, 0.25) is 5.88 Å². The lowest BCUT2D eigenvalue weighted by Gasteiger charge is -2.46. The van der Waals surface area contributed by atoms with E-state index in [-0.39, 0.29) is 57.2 Å². The Bertz CT molecular complexity index is 1970. The van der Waals surface area contributed by atoms with Crippen molar-refractivity contribution < 1.29 is 35.8 Å². The Kier molecular flexibility index (Phi) is 6.31.